The molecule has 5 heteroatoms. The van der Waals surface area contributed by atoms with Gasteiger partial charge in [-0.2, -0.15) is 0 Å². The van der Waals surface area contributed by atoms with Crippen molar-refractivity contribution in [2.45, 2.75) is 18.9 Å². The second-order valence-corrected chi connectivity index (χ2v) is 5.82. The summed E-state index contributed by atoms with van der Waals surface area (Å²) in [7, 11) is 5.99. The van der Waals surface area contributed by atoms with Crippen molar-refractivity contribution in [3.8, 4) is 0 Å². The van der Waals surface area contributed by atoms with Gasteiger partial charge >= 0.3 is 0 Å². The lowest BCUT2D eigenvalue weighted by atomic mass is 9.96. The van der Waals surface area contributed by atoms with Crippen LogP contribution in [0.4, 0.5) is 0 Å². The largest absolute Gasteiger partial charge is 0.390 e. The highest BCUT2D eigenvalue weighted by atomic mass is 16.5. The van der Waals surface area contributed by atoms with E-state index >= 15 is 0 Å². The number of nitrogens with one attached hydrogen (secondary N) is 1. The molecule has 0 radical (unpaired) electrons. The van der Waals surface area contributed by atoms with Gasteiger partial charge in [0.1, 0.15) is 0 Å². The minimum Gasteiger partial charge on any atom is -0.390 e. The van der Waals surface area contributed by atoms with Crippen LogP contribution in [0.5, 0.6) is 0 Å². The van der Waals surface area contributed by atoms with Crippen LogP contribution in [0.25, 0.3) is 0 Å². The third-order valence-corrected chi connectivity index (χ3v) is 3.79. The molecule has 1 heterocycles. The van der Waals surface area contributed by atoms with Crippen LogP contribution in [0.2, 0.25) is 0 Å². The lowest BCUT2D eigenvalue weighted by molar-refractivity contribution is 0.102. The third kappa shape index (κ3) is 7.84. The predicted molar refractivity (Wildman–Crippen MR) is 78.5 cm³/mol. The van der Waals surface area contributed by atoms with Crippen molar-refractivity contribution in [1.29, 1.82) is 0 Å². The first-order valence-electron chi connectivity index (χ1n) is 7.36. The number of hydrogen-bond donors (Lipinski definition) is 2. The topological polar surface area (TPSA) is 48.0 Å². The van der Waals surface area contributed by atoms with Crippen molar-refractivity contribution in [1.82, 2.24) is 15.1 Å². The number of aliphatic hydroxyl groups excluding tert-OH is 1. The van der Waals surface area contributed by atoms with Crippen molar-refractivity contribution in [3.05, 3.63) is 0 Å². The zero-order valence-corrected chi connectivity index (χ0v) is 12.8. The lowest BCUT2D eigenvalue weighted by Gasteiger charge is -2.32. The molecular formula is C14H31N3O2. The van der Waals surface area contributed by atoms with Crippen LogP contribution in [0, 0.1) is 5.92 Å². The highest BCUT2D eigenvalue weighted by molar-refractivity contribution is 4.74. The molecule has 2 N–H and O–H groups in total. The van der Waals surface area contributed by atoms with E-state index in [0.717, 1.165) is 25.6 Å². The summed E-state index contributed by atoms with van der Waals surface area (Å²) in [6.07, 6.45) is 2.26. The average molecular weight is 273 g/mol. The number of nitrogens with zero attached hydrogens (tertiary/aromatic N) is 2. The molecule has 5 nitrogen and oxygen atoms in total. The van der Waals surface area contributed by atoms with E-state index in [-0.39, 0.29) is 6.10 Å². The number of likely N-dealkylation sites (tertiary alicyclic amines) is 1. The molecule has 19 heavy (non-hydrogen) atoms. The first-order chi connectivity index (χ1) is 9.11. The van der Waals surface area contributed by atoms with Gasteiger partial charge in [0.2, 0.25) is 0 Å². The van der Waals surface area contributed by atoms with E-state index in [1.54, 1.807) is 7.11 Å². The summed E-state index contributed by atoms with van der Waals surface area (Å²) < 4.78 is 4.96. The first kappa shape index (κ1) is 16.9. The van der Waals surface area contributed by atoms with Crippen molar-refractivity contribution in [2.75, 3.05) is 67.1 Å². The SMILES string of the molecule is COCCNCC(O)CN(C)CC1CCN(C)CC1. The molecule has 0 aromatic carbocycles. The standard InChI is InChI=1S/C14H31N3O2/c1-16-7-4-13(5-8-16)11-17(2)12-14(18)10-15-6-9-19-3/h13-15,18H,4-12H2,1-3H3. The van der Waals surface area contributed by atoms with Crippen LogP contribution in [-0.2, 0) is 4.74 Å². The fourth-order valence-electron chi connectivity index (χ4n) is 2.63. The molecule has 114 valence electrons. The minimum absolute atomic E-state index is 0.298. The number of piperidine rings is 1. The van der Waals surface area contributed by atoms with Gasteiger partial charge in [0.15, 0.2) is 0 Å². The molecule has 0 aliphatic carbocycles. The summed E-state index contributed by atoms with van der Waals surface area (Å²) in [5, 5.41) is 13.1. The van der Waals surface area contributed by atoms with Crippen LogP contribution in [0.3, 0.4) is 0 Å². The summed E-state index contributed by atoms with van der Waals surface area (Å²) in [4.78, 5) is 4.66. The fourth-order valence-corrected chi connectivity index (χ4v) is 2.63. The zero-order chi connectivity index (χ0) is 14.1. The van der Waals surface area contributed by atoms with E-state index in [1.807, 2.05) is 0 Å². The Balaban J connectivity index is 2.07. The molecule has 1 saturated heterocycles. The summed E-state index contributed by atoms with van der Waals surface area (Å²) >= 11 is 0. The van der Waals surface area contributed by atoms with Crippen molar-refractivity contribution < 1.29 is 9.84 Å². The zero-order valence-electron chi connectivity index (χ0n) is 12.8. The molecule has 0 saturated carbocycles. The van der Waals surface area contributed by atoms with Crippen LogP contribution >= 0.6 is 0 Å². The van der Waals surface area contributed by atoms with Gasteiger partial charge in [-0.25, -0.2) is 0 Å². The van der Waals surface area contributed by atoms with Crippen LogP contribution in [-0.4, -0.2) is 88.1 Å². The van der Waals surface area contributed by atoms with Gasteiger partial charge in [0, 0.05) is 33.3 Å². The Kier molecular flexibility index (Phi) is 8.57. The molecule has 0 aromatic rings. The summed E-state index contributed by atoms with van der Waals surface area (Å²) in [6, 6.07) is 0. The number of methoxy groups -OCH3 is 1. The first-order valence-corrected chi connectivity index (χ1v) is 7.36. The summed E-state index contributed by atoms with van der Waals surface area (Å²) in [5.74, 6) is 0.787. The summed E-state index contributed by atoms with van der Waals surface area (Å²) in [5.41, 5.74) is 0. The van der Waals surface area contributed by atoms with Crippen molar-refractivity contribution in [3.63, 3.8) is 0 Å². The smallest absolute Gasteiger partial charge is 0.0791 e. The number of aliphatic hydroxyl groups is 1. The quantitative estimate of drug-likeness (QED) is 0.573. The molecule has 0 aromatic heterocycles. The number of hydrogen-bond acceptors (Lipinski definition) is 5. The second kappa shape index (κ2) is 9.66. The van der Waals surface area contributed by atoms with Gasteiger partial charge in [-0.05, 0) is 45.9 Å². The number of ether oxygens (including phenoxy) is 1. The van der Waals surface area contributed by atoms with E-state index in [1.165, 1.54) is 25.9 Å². The normalized spacial score (nSPS) is 20.1. The van der Waals surface area contributed by atoms with Crippen LogP contribution in [0.1, 0.15) is 12.8 Å². The maximum Gasteiger partial charge on any atom is 0.0791 e. The van der Waals surface area contributed by atoms with Gasteiger partial charge in [-0.3, -0.25) is 0 Å². The number of likely N-dealkylation sites (N-methyl/N-ethyl adjacent to an activating group) is 1. The highest BCUT2D eigenvalue weighted by Crippen LogP contribution is 2.16. The second-order valence-electron chi connectivity index (χ2n) is 5.82. The maximum absolute atomic E-state index is 9.94. The van der Waals surface area contributed by atoms with Crippen molar-refractivity contribution >= 4 is 0 Å². The molecule has 0 bridgehead atoms. The lowest BCUT2D eigenvalue weighted by Crippen LogP contribution is -2.41. The van der Waals surface area contributed by atoms with E-state index in [9.17, 15) is 5.11 Å². The maximum atomic E-state index is 9.94. The van der Waals surface area contributed by atoms with Crippen LogP contribution in [0.15, 0.2) is 0 Å². The molecule has 1 atom stereocenters. The molecule has 1 aliphatic rings. The van der Waals surface area contributed by atoms with Gasteiger partial charge in [0.25, 0.3) is 0 Å². The van der Waals surface area contributed by atoms with E-state index in [2.05, 4.69) is 29.2 Å². The van der Waals surface area contributed by atoms with E-state index in [0.29, 0.717) is 13.2 Å². The summed E-state index contributed by atoms with van der Waals surface area (Å²) in [6.45, 7) is 6.39. The minimum atomic E-state index is -0.298. The molecule has 1 unspecified atom stereocenters. The molecule has 1 aliphatic heterocycles. The fraction of sp³-hybridized carbons (Fsp3) is 1.00. The Labute approximate surface area is 117 Å². The third-order valence-electron chi connectivity index (χ3n) is 3.79. The Hall–Kier alpha value is -0.200. The van der Waals surface area contributed by atoms with Crippen LogP contribution < -0.4 is 5.32 Å². The Bertz CT molecular complexity index is 221. The monoisotopic (exact) mass is 273 g/mol. The van der Waals surface area contributed by atoms with Gasteiger partial charge in [0.05, 0.1) is 12.7 Å². The molecule has 1 rings (SSSR count). The van der Waals surface area contributed by atoms with Gasteiger partial charge in [-0.1, -0.05) is 0 Å². The highest BCUT2D eigenvalue weighted by Gasteiger charge is 2.19. The number of rotatable bonds is 9. The molecule has 0 spiro atoms. The van der Waals surface area contributed by atoms with E-state index < -0.39 is 0 Å². The van der Waals surface area contributed by atoms with E-state index in [4.69, 9.17) is 4.74 Å². The molecule has 1 fully saturated rings. The Morgan fingerprint density at radius 1 is 1.42 bits per heavy atom. The molecule has 0 amide bonds. The van der Waals surface area contributed by atoms with Gasteiger partial charge < -0.3 is 25.0 Å². The van der Waals surface area contributed by atoms with Gasteiger partial charge in [-0.15, -0.1) is 0 Å². The average Bonchev–Trinajstić information content (AvgIpc) is 2.37. The molecular weight excluding hydrogens is 242 g/mol. The predicted octanol–water partition coefficient (Wildman–Crippen LogP) is -0.143. The van der Waals surface area contributed by atoms with Crippen molar-refractivity contribution in [2.24, 2.45) is 5.92 Å². The Morgan fingerprint density at radius 2 is 2.11 bits per heavy atom. The Morgan fingerprint density at radius 3 is 2.74 bits per heavy atom.